The number of nitrogens with one attached hydrogen (secondary N) is 1. The van der Waals surface area contributed by atoms with Crippen molar-refractivity contribution < 1.29 is 14.3 Å². The number of carbonyl (C=O) groups is 1. The zero-order valence-corrected chi connectivity index (χ0v) is 10.5. The van der Waals surface area contributed by atoms with Crippen LogP contribution in [0.3, 0.4) is 0 Å². The molecule has 0 spiro atoms. The largest absolute Gasteiger partial charge is 0.467 e. The number of esters is 1. The van der Waals surface area contributed by atoms with E-state index < -0.39 is 0 Å². The first-order valence-corrected chi connectivity index (χ1v) is 5.60. The van der Waals surface area contributed by atoms with Crippen molar-refractivity contribution in [3.05, 3.63) is 0 Å². The molecule has 8 heteroatoms. The Bertz CT molecular complexity index is 399. The van der Waals surface area contributed by atoms with Gasteiger partial charge in [0.1, 0.15) is 0 Å². The smallest absolute Gasteiger partial charge is 0.322 e. The Morgan fingerprint density at radius 1 is 1.39 bits per heavy atom. The molecule has 0 radical (unpaired) electrons. The van der Waals surface area contributed by atoms with Crippen LogP contribution in [-0.2, 0) is 9.53 Å². The Labute approximate surface area is 105 Å². The lowest BCUT2D eigenvalue weighted by molar-refractivity contribution is -0.143. The molecule has 0 aromatic carbocycles. The minimum Gasteiger partial charge on any atom is -0.467 e. The van der Waals surface area contributed by atoms with Crippen LogP contribution in [0, 0.1) is 0 Å². The highest BCUT2D eigenvalue weighted by molar-refractivity contribution is 5.69. The summed E-state index contributed by atoms with van der Waals surface area (Å²) in [5.74, 6) is 0.185. The van der Waals surface area contributed by atoms with E-state index in [0.29, 0.717) is 31.9 Å². The van der Waals surface area contributed by atoms with E-state index in [4.69, 9.17) is 15.2 Å². The van der Waals surface area contributed by atoms with Crippen molar-refractivity contribution in [2.75, 3.05) is 31.3 Å². The molecule has 0 saturated carbocycles. The van der Waals surface area contributed by atoms with Gasteiger partial charge < -0.3 is 20.5 Å². The van der Waals surface area contributed by atoms with Gasteiger partial charge in [0.25, 0.3) is 0 Å². The van der Waals surface area contributed by atoms with Crippen molar-refractivity contribution in [3.63, 3.8) is 0 Å². The second-order valence-corrected chi connectivity index (χ2v) is 3.34. The first kappa shape index (κ1) is 13.9. The van der Waals surface area contributed by atoms with Gasteiger partial charge in [-0.15, -0.1) is 0 Å². The normalized spacial score (nSPS) is 9.89. The van der Waals surface area contributed by atoms with Gasteiger partial charge in [-0.1, -0.05) is 0 Å². The molecule has 0 unspecified atom stereocenters. The van der Waals surface area contributed by atoms with Gasteiger partial charge in [0.15, 0.2) is 0 Å². The fourth-order valence-electron chi connectivity index (χ4n) is 1.21. The first-order valence-electron chi connectivity index (χ1n) is 5.60. The highest BCUT2D eigenvalue weighted by Gasteiger charge is 2.05. The summed E-state index contributed by atoms with van der Waals surface area (Å²) in [6.45, 7) is 2.70. The average Bonchev–Trinajstić information content (AvgIpc) is 2.34. The molecule has 8 nitrogen and oxygen atoms in total. The number of nitrogens with zero attached hydrogens (tertiary/aromatic N) is 3. The van der Waals surface area contributed by atoms with Crippen LogP contribution in [0.5, 0.6) is 6.01 Å². The predicted octanol–water partition coefficient (Wildman–Crippen LogP) is 0.218. The van der Waals surface area contributed by atoms with Crippen molar-refractivity contribution in [1.82, 2.24) is 15.0 Å². The number of nitrogens with two attached hydrogens (primary N) is 1. The number of nitrogen functional groups attached to an aromatic ring is 1. The monoisotopic (exact) mass is 255 g/mol. The third-order valence-corrected chi connectivity index (χ3v) is 1.96. The van der Waals surface area contributed by atoms with Crippen molar-refractivity contribution in [2.45, 2.75) is 19.8 Å². The molecular formula is C10H17N5O3. The maximum atomic E-state index is 11.1. The third kappa shape index (κ3) is 4.81. The van der Waals surface area contributed by atoms with E-state index in [1.54, 1.807) is 6.92 Å². The van der Waals surface area contributed by atoms with Gasteiger partial charge >= 0.3 is 12.0 Å². The summed E-state index contributed by atoms with van der Waals surface area (Å²) < 4.78 is 9.66. The minimum absolute atomic E-state index is 0.0785. The standard InChI is InChI=1S/C10H17N5O3/c1-3-18-7(16)5-4-6-12-9-13-8(11)14-10(15-9)17-2/h3-6H2,1-2H3,(H3,11,12,13,14,15). The summed E-state index contributed by atoms with van der Waals surface area (Å²) in [6.07, 6.45) is 0.964. The summed E-state index contributed by atoms with van der Waals surface area (Å²) in [5, 5.41) is 2.93. The Balaban J connectivity index is 2.35. The van der Waals surface area contributed by atoms with Gasteiger partial charge in [0.05, 0.1) is 13.7 Å². The van der Waals surface area contributed by atoms with Gasteiger partial charge in [-0.05, 0) is 13.3 Å². The molecule has 1 rings (SSSR count). The van der Waals surface area contributed by atoms with Gasteiger partial charge in [-0.2, -0.15) is 15.0 Å². The predicted molar refractivity (Wildman–Crippen MR) is 65.1 cm³/mol. The molecule has 0 bridgehead atoms. The molecule has 0 aliphatic carbocycles. The van der Waals surface area contributed by atoms with Crippen molar-refractivity contribution in [2.24, 2.45) is 0 Å². The molecule has 0 atom stereocenters. The van der Waals surface area contributed by atoms with E-state index in [2.05, 4.69) is 20.3 Å². The SMILES string of the molecule is CCOC(=O)CCCNc1nc(N)nc(OC)n1. The number of aromatic nitrogens is 3. The van der Waals surface area contributed by atoms with E-state index in [-0.39, 0.29) is 17.9 Å². The number of carbonyl (C=O) groups excluding carboxylic acids is 1. The lowest BCUT2D eigenvalue weighted by Gasteiger charge is -2.06. The van der Waals surface area contributed by atoms with Gasteiger partial charge in [-0.25, -0.2) is 0 Å². The van der Waals surface area contributed by atoms with Crippen LogP contribution in [0.1, 0.15) is 19.8 Å². The Morgan fingerprint density at radius 2 is 2.17 bits per heavy atom. The number of hydrogen-bond acceptors (Lipinski definition) is 8. The molecule has 1 heterocycles. The van der Waals surface area contributed by atoms with Crippen LogP contribution in [-0.4, -0.2) is 41.2 Å². The van der Waals surface area contributed by atoms with E-state index >= 15 is 0 Å². The fraction of sp³-hybridized carbons (Fsp3) is 0.600. The first-order chi connectivity index (χ1) is 8.65. The van der Waals surface area contributed by atoms with Crippen molar-refractivity contribution in [3.8, 4) is 6.01 Å². The number of anilines is 2. The molecule has 1 aromatic rings. The fourth-order valence-corrected chi connectivity index (χ4v) is 1.21. The van der Waals surface area contributed by atoms with Crippen LogP contribution in [0.2, 0.25) is 0 Å². The maximum absolute atomic E-state index is 11.1. The van der Waals surface area contributed by atoms with Crippen molar-refractivity contribution in [1.29, 1.82) is 0 Å². The van der Waals surface area contributed by atoms with Crippen LogP contribution >= 0.6 is 0 Å². The Hall–Kier alpha value is -2.12. The molecule has 3 N–H and O–H groups in total. The van der Waals surface area contributed by atoms with Crippen LogP contribution in [0.4, 0.5) is 11.9 Å². The molecule has 0 amide bonds. The number of rotatable bonds is 7. The summed E-state index contributed by atoms with van der Waals surface area (Å²) in [5.41, 5.74) is 5.47. The molecule has 18 heavy (non-hydrogen) atoms. The molecule has 0 fully saturated rings. The highest BCUT2D eigenvalue weighted by atomic mass is 16.5. The zero-order chi connectivity index (χ0) is 13.4. The van der Waals surface area contributed by atoms with Crippen LogP contribution in [0.15, 0.2) is 0 Å². The zero-order valence-electron chi connectivity index (χ0n) is 10.5. The molecular weight excluding hydrogens is 238 g/mol. The average molecular weight is 255 g/mol. The minimum atomic E-state index is -0.216. The highest BCUT2D eigenvalue weighted by Crippen LogP contribution is 2.08. The topological polar surface area (TPSA) is 112 Å². The van der Waals surface area contributed by atoms with E-state index in [0.717, 1.165) is 0 Å². The molecule has 0 aliphatic rings. The summed E-state index contributed by atoms with van der Waals surface area (Å²) in [7, 11) is 1.44. The summed E-state index contributed by atoms with van der Waals surface area (Å²) in [6, 6.07) is 0.149. The van der Waals surface area contributed by atoms with Gasteiger partial charge in [-0.3, -0.25) is 4.79 Å². The number of ether oxygens (including phenoxy) is 2. The van der Waals surface area contributed by atoms with E-state index in [9.17, 15) is 4.79 Å². The van der Waals surface area contributed by atoms with Gasteiger partial charge in [0.2, 0.25) is 11.9 Å². The number of methoxy groups -OCH3 is 1. The lowest BCUT2D eigenvalue weighted by atomic mass is 10.3. The van der Waals surface area contributed by atoms with E-state index in [1.165, 1.54) is 7.11 Å². The quantitative estimate of drug-likeness (QED) is 0.525. The van der Waals surface area contributed by atoms with Gasteiger partial charge in [0, 0.05) is 13.0 Å². The van der Waals surface area contributed by atoms with E-state index in [1.807, 2.05) is 0 Å². The lowest BCUT2D eigenvalue weighted by Crippen LogP contribution is -2.11. The maximum Gasteiger partial charge on any atom is 0.322 e. The van der Waals surface area contributed by atoms with Crippen LogP contribution in [0.25, 0.3) is 0 Å². The summed E-state index contributed by atoms with van der Waals surface area (Å²) in [4.78, 5) is 22.7. The van der Waals surface area contributed by atoms with Crippen molar-refractivity contribution >= 4 is 17.9 Å². The second-order valence-electron chi connectivity index (χ2n) is 3.34. The molecule has 100 valence electrons. The molecule has 0 saturated heterocycles. The summed E-state index contributed by atoms with van der Waals surface area (Å²) >= 11 is 0. The Kier molecular flexibility index (Phi) is 5.62. The Morgan fingerprint density at radius 3 is 2.83 bits per heavy atom. The third-order valence-electron chi connectivity index (χ3n) is 1.96. The second kappa shape index (κ2) is 7.25. The molecule has 0 aliphatic heterocycles. The molecule has 1 aromatic heterocycles. The van der Waals surface area contributed by atoms with Crippen LogP contribution < -0.4 is 15.8 Å². The number of hydrogen-bond donors (Lipinski definition) is 2.